The summed E-state index contributed by atoms with van der Waals surface area (Å²) in [5.41, 5.74) is -6.60. The molecule has 1 N–H and O–H groups in total. The van der Waals surface area contributed by atoms with Crippen LogP contribution < -0.4 is 15.1 Å². The predicted octanol–water partition coefficient (Wildman–Crippen LogP) is 3.97. The molecular weight excluding hydrogens is 517 g/mol. The van der Waals surface area contributed by atoms with E-state index in [1.807, 2.05) is 0 Å². The zero-order valence-electron chi connectivity index (χ0n) is 18.9. The maximum absolute atomic E-state index is 13.6. The Bertz CT molecular complexity index is 1520. The second-order valence-electron chi connectivity index (χ2n) is 8.56. The Balaban J connectivity index is 1.52. The number of nitrogens with one attached hydrogen (secondary N) is 1. The summed E-state index contributed by atoms with van der Waals surface area (Å²) in [6.45, 7) is 1.75. The van der Waals surface area contributed by atoms with Crippen molar-refractivity contribution in [1.82, 2.24) is 4.98 Å². The quantitative estimate of drug-likeness (QED) is 0.490. The van der Waals surface area contributed by atoms with Crippen LogP contribution in [0.2, 0.25) is 0 Å². The number of sulfone groups is 1. The van der Waals surface area contributed by atoms with Gasteiger partial charge in [0.1, 0.15) is 5.54 Å². The fourth-order valence-electron chi connectivity index (χ4n) is 4.39. The largest absolute Gasteiger partial charge is 0.501 e. The molecule has 2 atom stereocenters. The third-order valence-electron chi connectivity index (χ3n) is 6.37. The molecule has 1 spiro atoms. The van der Waals surface area contributed by atoms with E-state index < -0.39 is 43.6 Å². The summed E-state index contributed by atoms with van der Waals surface area (Å²) in [4.78, 5) is 44.6. The predicted molar refractivity (Wildman–Crippen MR) is 122 cm³/mol. The van der Waals surface area contributed by atoms with E-state index in [1.54, 1.807) is 6.92 Å². The van der Waals surface area contributed by atoms with Crippen LogP contribution in [0.3, 0.4) is 0 Å². The Labute approximate surface area is 207 Å². The minimum absolute atomic E-state index is 0.00339. The Morgan fingerprint density at radius 3 is 2.41 bits per heavy atom. The van der Waals surface area contributed by atoms with Crippen molar-refractivity contribution in [3.8, 4) is 0 Å². The molecule has 3 heterocycles. The maximum Gasteiger partial charge on any atom is 0.501 e. The molecule has 1 aliphatic heterocycles. The molecule has 37 heavy (non-hydrogen) atoms. The number of halogens is 3. The second kappa shape index (κ2) is 8.16. The van der Waals surface area contributed by atoms with Gasteiger partial charge in [0.15, 0.2) is 5.76 Å². The molecule has 2 unspecified atom stereocenters. The van der Waals surface area contributed by atoms with E-state index >= 15 is 0 Å². The molecule has 3 aromatic rings. The molecule has 0 bridgehead atoms. The number of hydrogen-bond donors (Lipinski definition) is 1. The molecule has 2 aromatic heterocycles. The lowest BCUT2D eigenvalue weighted by Gasteiger charge is -2.24. The molecule has 2 aliphatic rings. The van der Waals surface area contributed by atoms with Crippen molar-refractivity contribution in [3.63, 3.8) is 0 Å². The molecule has 14 heteroatoms. The summed E-state index contributed by atoms with van der Waals surface area (Å²) in [5, 5.41) is 2.61. The lowest BCUT2D eigenvalue weighted by molar-refractivity contribution is -0.119. The summed E-state index contributed by atoms with van der Waals surface area (Å²) < 4.78 is 67.2. The molecule has 192 valence electrons. The number of nitrogens with zero attached hydrogens (tertiary/aromatic N) is 3. The number of aromatic nitrogens is 1. The van der Waals surface area contributed by atoms with Crippen LogP contribution in [0, 0.1) is 5.92 Å². The number of alkyl halides is 3. The van der Waals surface area contributed by atoms with Gasteiger partial charge in [0.2, 0.25) is 0 Å². The van der Waals surface area contributed by atoms with Gasteiger partial charge in [-0.2, -0.15) is 13.2 Å². The number of pyridine rings is 1. The van der Waals surface area contributed by atoms with E-state index in [0.29, 0.717) is 18.6 Å². The SMILES string of the molecule is CC1CC12C(=O)N(c1ccc(S(=O)(=O)C(F)(F)F)cc1)C(=O)N2c1ccncc1NC(=O)c1ccco1. The van der Waals surface area contributed by atoms with Crippen LogP contribution in [0.4, 0.5) is 35.0 Å². The van der Waals surface area contributed by atoms with Gasteiger partial charge >= 0.3 is 11.5 Å². The number of urea groups is 1. The van der Waals surface area contributed by atoms with Gasteiger partial charge in [0.25, 0.3) is 21.7 Å². The molecular formula is C23H17F3N4O6S. The van der Waals surface area contributed by atoms with E-state index in [9.17, 15) is 36.0 Å². The summed E-state index contributed by atoms with van der Waals surface area (Å²) in [6.07, 6.45) is 4.28. The third kappa shape index (κ3) is 3.66. The Kier molecular flexibility index (Phi) is 5.40. The van der Waals surface area contributed by atoms with Gasteiger partial charge in [0, 0.05) is 6.20 Å². The number of benzene rings is 1. The number of anilines is 3. The van der Waals surface area contributed by atoms with E-state index in [2.05, 4.69) is 10.3 Å². The van der Waals surface area contributed by atoms with Crippen molar-refractivity contribution >= 4 is 44.7 Å². The van der Waals surface area contributed by atoms with Gasteiger partial charge < -0.3 is 9.73 Å². The lowest BCUT2D eigenvalue weighted by atomic mass is 10.1. The van der Waals surface area contributed by atoms with Crippen molar-refractivity contribution in [2.24, 2.45) is 5.92 Å². The van der Waals surface area contributed by atoms with Crippen molar-refractivity contribution < 1.29 is 40.4 Å². The van der Waals surface area contributed by atoms with Gasteiger partial charge in [-0.05, 0) is 54.8 Å². The van der Waals surface area contributed by atoms with Gasteiger partial charge in [-0.1, -0.05) is 6.92 Å². The normalized spacial score (nSPS) is 21.6. The third-order valence-corrected chi connectivity index (χ3v) is 7.87. The van der Waals surface area contributed by atoms with Crippen molar-refractivity contribution in [2.75, 3.05) is 15.1 Å². The van der Waals surface area contributed by atoms with Crippen LogP contribution in [0.1, 0.15) is 23.9 Å². The number of carbonyl (C=O) groups excluding carboxylic acids is 3. The van der Waals surface area contributed by atoms with Gasteiger partial charge in [0.05, 0.1) is 34.4 Å². The van der Waals surface area contributed by atoms with E-state index in [4.69, 9.17) is 4.42 Å². The smallest absolute Gasteiger partial charge is 0.459 e. The van der Waals surface area contributed by atoms with Gasteiger partial charge in [-0.15, -0.1) is 0 Å². The van der Waals surface area contributed by atoms with Crippen LogP contribution in [-0.2, 0) is 14.6 Å². The van der Waals surface area contributed by atoms with Crippen LogP contribution in [-0.4, -0.2) is 42.3 Å². The Morgan fingerprint density at radius 1 is 1.16 bits per heavy atom. The minimum atomic E-state index is -5.61. The number of imide groups is 1. The molecule has 1 aromatic carbocycles. The first-order valence-electron chi connectivity index (χ1n) is 10.8. The number of amides is 4. The van der Waals surface area contributed by atoms with Gasteiger partial charge in [-0.25, -0.2) is 18.1 Å². The summed E-state index contributed by atoms with van der Waals surface area (Å²) >= 11 is 0. The first-order chi connectivity index (χ1) is 17.4. The average molecular weight is 534 g/mol. The topological polar surface area (TPSA) is 130 Å². The molecule has 10 nitrogen and oxygen atoms in total. The monoisotopic (exact) mass is 534 g/mol. The molecule has 2 fully saturated rings. The molecule has 0 radical (unpaired) electrons. The number of rotatable bonds is 5. The summed E-state index contributed by atoms with van der Waals surface area (Å²) in [5.74, 6) is -1.52. The minimum Gasteiger partial charge on any atom is -0.459 e. The summed E-state index contributed by atoms with van der Waals surface area (Å²) in [6, 6.07) is 6.88. The molecule has 4 amide bonds. The summed E-state index contributed by atoms with van der Waals surface area (Å²) in [7, 11) is -5.61. The fourth-order valence-corrected chi connectivity index (χ4v) is 5.15. The van der Waals surface area contributed by atoms with Gasteiger partial charge in [-0.3, -0.25) is 19.5 Å². The van der Waals surface area contributed by atoms with Crippen molar-refractivity contribution in [2.45, 2.75) is 29.3 Å². The molecule has 5 rings (SSSR count). The fraction of sp³-hybridized carbons (Fsp3) is 0.217. The first kappa shape index (κ1) is 24.5. The van der Waals surface area contributed by atoms with E-state index in [1.165, 1.54) is 41.8 Å². The highest BCUT2D eigenvalue weighted by molar-refractivity contribution is 7.92. The highest BCUT2D eigenvalue weighted by Gasteiger charge is 2.71. The zero-order chi connectivity index (χ0) is 26.8. The highest BCUT2D eigenvalue weighted by atomic mass is 32.2. The van der Waals surface area contributed by atoms with Crippen LogP contribution in [0.25, 0.3) is 0 Å². The van der Waals surface area contributed by atoms with Crippen LogP contribution in [0.15, 0.2) is 70.4 Å². The second-order valence-corrected chi connectivity index (χ2v) is 10.5. The molecule has 1 aliphatic carbocycles. The average Bonchev–Trinajstić information content (AvgIpc) is 3.18. The maximum atomic E-state index is 13.6. The van der Waals surface area contributed by atoms with E-state index in [-0.39, 0.29) is 28.7 Å². The standard InChI is InChI=1S/C23H17F3N4O6S/c1-13-11-22(13)20(32)29(14-4-6-15(7-5-14)37(34,35)23(24,25)26)21(33)30(22)17-8-9-27-12-16(17)28-19(31)18-3-2-10-36-18/h2-10,12-13H,11H2,1H3,(H,28,31). The van der Waals surface area contributed by atoms with Crippen molar-refractivity contribution in [1.29, 1.82) is 0 Å². The molecule has 1 saturated carbocycles. The first-order valence-corrected chi connectivity index (χ1v) is 12.3. The lowest BCUT2D eigenvalue weighted by Crippen LogP contribution is -2.39. The van der Waals surface area contributed by atoms with E-state index in [0.717, 1.165) is 17.0 Å². The van der Waals surface area contributed by atoms with Crippen LogP contribution >= 0.6 is 0 Å². The van der Waals surface area contributed by atoms with Crippen molar-refractivity contribution in [3.05, 3.63) is 66.9 Å². The zero-order valence-corrected chi connectivity index (χ0v) is 19.7. The Morgan fingerprint density at radius 2 is 1.84 bits per heavy atom. The van der Waals surface area contributed by atoms with Crippen LogP contribution in [0.5, 0.6) is 0 Å². The Hall–Kier alpha value is -4.20. The number of furan rings is 1. The highest BCUT2D eigenvalue weighted by Crippen LogP contribution is 2.56. The molecule has 1 saturated heterocycles. The number of hydrogen-bond acceptors (Lipinski definition) is 7. The number of carbonyl (C=O) groups is 3.